The summed E-state index contributed by atoms with van der Waals surface area (Å²) in [4.78, 5) is 25.2. The van der Waals surface area contributed by atoms with E-state index in [1.807, 2.05) is 0 Å². The smallest absolute Gasteiger partial charge is 0.238 e. The van der Waals surface area contributed by atoms with Gasteiger partial charge in [-0.15, -0.1) is 0 Å². The Morgan fingerprint density at radius 3 is 2.22 bits per heavy atom. The molecule has 3 rings (SSSR count). The Bertz CT molecular complexity index is 771. The van der Waals surface area contributed by atoms with Crippen molar-refractivity contribution in [1.29, 1.82) is 0 Å². The van der Waals surface area contributed by atoms with Gasteiger partial charge in [-0.2, -0.15) is 0 Å². The first-order valence-corrected chi connectivity index (χ1v) is 7.43. The molecule has 2 aromatic rings. The van der Waals surface area contributed by atoms with Crippen molar-refractivity contribution in [2.75, 3.05) is 11.9 Å². The molecule has 0 amide bonds. The Morgan fingerprint density at radius 2 is 1.52 bits per heavy atom. The second kappa shape index (κ2) is 6.28. The Kier molecular flexibility index (Phi) is 4.19. The molecule has 0 spiro atoms. The highest BCUT2D eigenvalue weighted by Crippen LogP contribution is 2.31. The quantitative estimate of drug-likeness (QED) is 0.726. The van der Waals surface area contributed by atoms with Crippen LogP contribution in [0.3, 0.4) is 0 Å². The van der Waals surface area contributed by atoms with Crippen LogP contribution in [0.15, 0.2) is 42.5 Å². The van der Waals surface area contributed by atoms with Gasteiger partial charge in [0.25, 0.3) is 0 Å². The van der Waals surface area contributed by atoms with Crippen LogP contribution in [0, 0.1) is 0 Å². The first kappa shape index (κ1) is 15.3. The van der Waals surface area contributed by atoms with Crippen molar-refractivity contribution < 1.29 is 18.4 Å². The molecule has 0 bridgehead atoms. The van der Waals surface area contributed by atoms with Gasteiger partial charge in [-0.1, -0.05) is 36.4 Å². The summed E-state index contributed by atoms with van der Waals surface area (Å²) >= 11 is 0. The van der Waals surface area contributed by atoms with Gasteiger partial charge in [-0.25, -0.2) is 8.78 Å². The van der Waals surface area contributed by atoms with Crippen molar-refractivity contribution in [3.05, 3.63) is 64.7 Å². The minimum atomic E-state index is -2.34. The molecule has 1 aliphatic rings. The Labute approximate surface area is 132 Å². The third kappa shape index (κ3) is 2.86. The third-order valence-electron chi connectivity index (χ3n) is 3.87. The maximum Gasteiger partial charge on any atom is 0.238 e. The molecule has 0 atom stereocenters. The van der Waals surface area contributed by atoms with E-state index in [0.717, 1.165) is 0 Å². The number of ketones is 2. The van der Waals surface area contributed by atoms with E-state index in [0.29, 0.717) is 40.9 Å². The van der Waals surface area contributed by atoms with Crippen molar-refractivity contribution in [3.8, 4) is 0 Å². The number of hydrogen-bond donors (Lipinski definition) is 1. The van der Waals surface area contributed by atoms with Crippen molar-refractivity contribution in [2.45, 2.75) is 19.3 Å². The van der Waals surface area contributed by atoms with E-state index < -0.39 is 6.43 Å². The average molecular weight is 315 g/mol. The summed E-state index contributed by atoms with van der Waals surface area (Å²) in [5, 5.41) is 3.00. The molecular formula is C18H15F2NO2. The number of anilines is 1. The van der Waals surface area contributed by atoms with E-state index in [9.17, 15) is 18.4 Å². The van der Waals surface area contributed by atoms with E-state index in [1.54, 1.807) is 42.5 Å². The van der Waals surface area contributed by atoms with Crippen LogP contribution in [0.4, 0.5) is 14.5 Å². The lowest BCUT2D eigenvalue weighted by Gasteiger charge is -2.20. The summed E-state index contributed by atoms with van der Waals surface area (Å²) in [6.07, 6.45) is -2.24. The molecule has 0 unspecified atom stereocenters. The number of carbonyl (C=O) groups is 2. The second-order valence-electron chi connectivity index (χ2n) is 5.39. The first-order chi connectivity index (χ1) is 11.1. The molecule has 0 radical (unpaired) electrons. The Morgan fingerprint density at radius 1 is 0.870 bits per heavy atom. The second-order valence-corrected chi connectivity index (χ2v) is 5.39. The summed E-state index contributed by atoms with van der Waals surface area (Å²) in [6, 6.07) is 11.7. The predicted octanol–water partition coefficient (Wildman–Crippen LogP) is 3.92. The van der Waals surface area contributed by atoms with Crippen molar-refractivity contribution in [1.82, 2.24) is 0 Å². The van der Waals surface area contributed by atoms with Crippen LogP contribution in [0.25, 0.3) is 0 Å². The molecule has 23 heavy (non-hydrogen) atoms. The van der Waals surface area contributed by atoms with Gasteiger partial charge in [0.15, 0.2) is 11.6 Å². The number of nitrogens with one attached hydrogen (secondary N) is 1. The van der Waals surface area contributed by atoms with E-state index >= 15 is 0 Å². The van der Waals surface area contributed by atoms with Crippen LogP contribution >= 0.6 is 0 Å². The van der Waals surface area contributed by atoms with Crippen LogP contribution in [-0.4, -0.2) is 24.5 Å². The molecule has 0 saturated heterocycles. The molecule has 1 aliphatic carbocycles. The molecule has 1 N–H and O–H groups in total. The van der Waals surface area contributed by atoms with Crippen LogP contribution < -0.4 is 5.32 Å². The Balaban J connectivity index is 1.91. The molecule has 0 fully saturated rings. The molecule has 2 aromatic carbocycles. The Hall–Kier alpha value is -2.56. The molecule has 0 aromatic heterocycles. The van der Waals surface area contributed by atoms with E-state index in [4.69, 9.17) is 0 Å². The number of rotatable bonds is 5. The van der Waals surface area contributed by atoms with Crippen LogP contribution in [0.2, 0.25) is 0 Å². The summed E-state index contributed by atoms with van der Waals surface area (Å²) in [6.45, 7) is 0.323. The zero-order valence-electron chi connectivity index (χ0n) is 12.3. The number of fused-ring (bicyclic) bond motifs is 2. The van der Waals surface area contributed by atoms with Crippen LogP contribution in [0.5, 0.6) is 0 Å². The zero-order valence-corrected chi connectivity index (χ0v) is 12.3. The van der Waals surface area contributed by atoms with Crippen molar-refractivity contribution >= 4 is 17.3 Å². The maximum atomic E-state index is 12.7. The van der Waals surface area contributed by atoms with E-state index in [-0.39, 0.29) is 18.0 Å². The minimum Gasteiger partial charge on any atom is -0.384 e. The zero-order chi connectivity index (χ0) is 16.4. The maximum absolute atomic E-state index is 12.7. The topological polar surface area (TPSA) is 46.2 Å². The molecule has 3 nitrogen and oxygen atoms in total. The molecule has 0 aliphatic heterocycles. The number of alkyl halides is 2. The SMILES string of the molecule is O=C1c2ccccc2C(=O)c2c(NCCCC(F)F)cccc21. The molecule has 0 heterocycles. The highest BCUT2D eigenvalue weighted by Gasteiger charge is 2.31. The van der Waals surface area contributed by atoms with Gasteiger partial charge in [-0.05, 0) is 12.5 Å². The fourth-order valence-electron chi connectivity index (χ4n) is 2.77. The van der Waals surface area contributed by atoms with Crippen LogP contribution in [-0.2, 0) is 0 Å². The fourth-order valence-corrected chi connectivity index (χ4v) is 2.77. The van der Waals surface area contributed by atoms with Gasteiger partial charge < -0.3 is 5.32 Å². The fraction of sp³-hybridized carbons (Fsp3) is 0.222. The lowest BCUT2D eigenvalue weighted by atomic mass is 9.83. The normalized spacial score (nSPS) is 13.0. The largest absolute Gasteiger partial charge is 0.384 e. The summed E-state index contributed by atoms with van der Waals surface area (Å²) in [5.41, 5.74) is 1.98. The van der Waals surface area contributed by atoms with E-state index in [2.05, 4.69) is 5.32 Å². The number of benzene rings is 2. The van der Waals surface area contributed by atoms with Gasteiger partial charge in [-0.3, -0.25) is 9.59 Å². The highest BCUT2D eigenvalue weighted by atomic mass is 19.3. The predicted molar refractivity (Wildman–Crippen MR) is 83.5 cm³/mol. The molecular weight excluding hydrogens is 300 g/mol. The number of hydrogen-bond acceptors (Lipinski definition) is 3. The molecule has 118 valence electrons. The monoisotopic (exact) mass is 315 g/mol. The van der Waals surface area contributed by atoms with Gasteiger partial charge in [0.1, 0.15) is 0 Å². The van der Waals surface area contributed by atoms with E-state index in [1.165, 1.54) is 0 Å². The number of halogens is 2. The van der Waals surface area contributed by atoms with Crippen molar-refractivity contribution in [2.24, 2.45) is 0 Å². The summed E-state index contributed by atoms with van der Waals surface area (Å²) in [5.74, 6) is -0.404. The molecule has 0 saturated carbocycles. The van der Waals surface area contributed by atoms with Gasteiger partial charge in [0.05, 0.1) is 5.56 Å². The lowest BCUT2D eigenvalue weighted by molar-refractivity contribution is 0.0979. The average Bonchev–Trinajstić information content (AvgIpc) is 2.56. The highest BCUT2D eigenvalue weighted by molar-refractivity contribution is 6.30. The standard InChI is InChI=1S/C18H15F2NO2/c19-15(20)9-4-10-21-14-8-3-7-13-16(14)18(23)12-6-2-1-5-11(12)17(13)22/h1-3,5-8,15,21H,4,9-10H2. The van der Waals surface area contributed by atoms with Crippen LogP contribution in [0.1, 0.15) is 44.7 Å². The lowest BCUT2D eigenvalue weighted by Crippen LogP contribution is -2.22. The van der Waals surface area contributed by atoms with Gasteiger partial charge >= 0.3 is 0 Å². The summed E-state index contributed by atoms with van der Waals surface area (Å²) < 4.78 is 24.4. The minimum absolute atomic E-state index is 0.188. The third-order valence-corrected chi connectivity index (χ3v) is 3.87. The summed E-state index contributed by atoms with van der Waals surface area (Å²) in [7, 11) is 0. The van der Waals surface area contributed by atoms with Crippen molar-refractivity contribution in [3.63, 3.8) is 0 Å². The molecule has 5 heteroatoms. The van der Waals surface area contributed by atoms with Gasteiger partial charge in [0.2, 0.25) is 6.43 Å². The first-order valence-electron chi connectivity index (χ1n) is 7.43. The van der Waals surface area contributed by atoms with Gasteiger partial charge in [0, 0.05) is 35.3 Å². The number of carbonyl (C=O) groups excluding carboxylic acids is 2.